The Hall–Kier alpha value is -2.17. The molecule has 0 saturated carbocycles. The second-order valence-electron chi connectivity index (χ2n) is 3.80. The van der Waals surface area contributed by atoms with Crippen molar-refractivity contribution in [1.82, 2.24) is 18.9 Å². The van der Waals surface area contributed by atoms with Gasteiger partial charge in [-0.1, -0.05) is 0 Å². The second kappa shape index (κ2) is 2.91. The van der Waals surface area contributed by atoms with E-state index in [4.69, 9.17) is 0 Å². The van der Waals surface area contributed by atoms with Crippen LogP contribution >= 0.6 is 0 Å². The minimum Gasteiger partial charge on any atom is -0.283 e. The Balaban J connectivity index is 2.71. The number of aryl methyl sites for hydroxylation is 2. The number of fused-ring (bicyclic) bond motifs is 3. The van der Waals surface area contributed by atoms with Crippen LogP contribution in [0.2, 0.25) is 0 Å². The second-order valence-corrected chi connectivity index (χ2v) is 3.80. The maximum Gasteiger partial charge on any atom is 0.262 e. The maximum absolute atomic E-state index is 12.1. The average molecular weight is 214 g/mol. The quantitative estimate of drug-likeness (QED) is 0.558. The summed E-state index contributed by atoms with van der Waals surface area (Å²) in [6.07, 6.45) is 5.21. The molecule has 5 nitrogen and oxygen atoms in total. The lowest BCUT2D eigenvalue weighted by molar-refractivity contribution is 0.862. The zero-order valence-corrected chi connectivity index (χ0v) is 9.01. The van der Waals surface area contributed by atoms with E-state index < -0.39 is 0 Å². The Morgan fingerprint density at radius 3 is 2.94 bits per heavy atom. The first-order chi connectivity index (χ1) is 7.68. The summed E-state index contributed by atoms with van der Waals surface area (Å²) in [6, 6.07) is 1.80. The van der Waals surface area contributed by atoms with Gasteiger partial charge >= 0.3 is 0 Å². The third-order valence-corrected chi connectivity index (χ3v) is 2.74. The molecule has 0 aliphatic rings. The fourth-order valence-electron chi connectivity index (χ4n) is 1.92. The van der Waals surface area contributed by atoms with Gasteiger partial charge in [-0.05, 0) is 13.0 Å². The van der Waals surface area contributed by atoms with Crippen molar-refractivity contribution in [2.75, 3.05) is 0 Å². The van der Waals surface area contributed by atoms with Gasteiger partial charge in [0, 0.05) is 25.1 Å². The highest BCUT2D eigenvalue weighted by atomic mass is 16.1. The highest BCUT2D eigenvalue weighted by Gasteiger charge is 2.08. The van der Waals surface area contributed by atoms with Gasteiger partial charge in [-0.2, -0.15) is 0 Å². The maximum atomic E-state index is 12.1. The molecule has 0 atom stereocenters. The minimum atomic E-state index is -0.0424. The molecule has 0 saturated heterocycles. The zero-order valence-electron chi connectivity index (χ0n) is 9.01. The molecule has 0 spiro atoms. The van der Waals surface area contributed by atoms with Crippen molar-refractivity contribution in [1.29, 1.82) is 0 Å². The first-order valence-electron chi connectivity index (χ1n) is 4.97. The number of hydrogen-bond acceptors (Lipinski definition) is 3. The summed E-state index contributed by atoms with van der Waals surface area (Å²) >= 11 is 0. The van der Waals surface area contributed by atoms with Crippen molar-refractivity contribution in [3.63, 3.8) is 0 Å². The normalized spacial score (nSPS) is 11.4. The standard InChI is InChI=1S/C11H10N4O/c1-7-5-8-9(6-13-7)15-4-3-12-11(15)14(2)10(8)16/h3-6H,1-2H3. The number of pyridine rings is 1. The molecular formula is C11H10N4O. The third kappa shape index (κ3) is 1.02. The predicted molar refractivity (Wildman–Crippen MR) is 60.5 cm³/mol. The molecule has 0 amide bonds. The fraction of sp³-hybridized carbons (Fsp3) is 0.182. The molecule has 0 bridgehead atoms. The topological polar surface area (TPSA) is 52.2 Å². The smallest absolute Gasteiger partial charge is 0.262 e. The Morgan fingerprint density at radius 1 is 1.31 bits per heavy atom. The van der Waals surface area contributed by atoms with Gasteiger partial charge in [0.1, 0.15) is 0 Å². The van der Waals surface area contributed by atoms with Crippen LogP contribution in [-0.2, 0) is 7.05 Å². The van der Waals surface area contributed by atoms with E-state index >= 15 is 0 Å². The van der Waals surface area contributed by atoms with Gasteiger partial charge in [0.15, 0.2) is 0 Å². The first kappa shape index (κ1) is 9.08. The van der Waals surface area contributed by atoms with Gasteiger partial charge in [0.25, 0.3) is 5.56 Å². The monoisotopic (exact) mass is 214 g/mol. The van der Waals surface area contributed by atoms with Gasteiger partial charge in [0.2, 0.25) is 5.78 Å². The lowest BCUT2D eigenvalue weighted by Crippen LogP contribution is -2.20. The van der Waals surface area contributed by atoms with Crippen LogP contribution in [0.25, 0.3) is 16.7 Å². The van der Waals surface area contributed by atoms with Crippen molar-refractivity contribution in [3.8, 4) is 0 Å². The van der Waals surface area contributed by atoms with Crippen molar-refractivity contribution in [2.45, 2.75) is 6.92 Å². The van der Waals surface area contributed by atoms with E-state index in [9.17, 15) is 4.79 Å². The van der Waals surface area contributed by atoms with Gasteiger partial charge in [-0.3, -0.25) is 18.7 Å². The molecular weight excluding hydrogens is 204 g/mol. The highest BCUT2D eigenvalue weighted by Crippen LogP contribution is 2.11. The Bertz CT molecular complexity index is 754. The molecule has 3 aromatic rings. The molecule has 0 aliphatic heterocycles. The van der Waals surface area contributed by atoms with E-state index in [1.807, 2.05) is 17.5 Å². The molecule has 0 radical (unpaired) electrons. The Kier molecular flexibility index (Phi) is 1.65. The van der Waals surface area contributed by atoms with Crippen LogP contribution in [0.5, 0.6) is 0 Å². The van der Waals surface area contributed by atoms with Crippen molar-refractivity contribution in [3.05, 3.63) is 40.7 Å². The minimum absolute atomic E-state index is 0.0424. The predicted octanol–water partition coefficient (Wildman–Crippen LogP) is 0.890. The van der Waals surface area contributed by atoms with Gasteiger partial charge < -0.3 is 0 Å². The van der Waals surface area contributed by atoms with E-state index in [1.165, 1.54) is 0 Å². The van der Waals surface area contributed by atoms with Crippen LogP contribution in [0.15, 0.2) is 29.5 Å². The van der Waals surface area contributed by atoms with Crippen molar-refractivity contribution < 1.29 is 0 Å². The summed E-state index contributed by atoms with van der Waals surface area (Å²) < 4.78 is 3.41. The van der Waals surface area contributed by atoms with Crippen LogP contribution in [0, 0.1) is 6.92 Å². The average Bonchev–Trinajstić information content (AvgIpc) is 2.75. The number of imidazole rings is 1. The molecule has 3 aromatic heterocycles. The molecule has 3 heterocycles. The molecule has 0 aromatic carbocycles. The lowest BCUT2D eigenvalue weighted by atomic mass is 10.2. The first-order valence-corrected chi connectivity index (χ1v) is 4.97. The summed E-state index contributed by atoms with van der Waals surface area (Å²) in [4.78, 5) is 20.4. The molecule has 0 aliphatic carbocycles. The molecule has 3 rings (SSSR count). The van der Waals surface area contributed by atoms with E-state index in [1.54, 1.807) is 30.1 Å². The van der Waals surface area contributed by atoms with E-state index in [0.717, 1.165) is 11.2 Å². The number of nitrogens with zero attached hydrogens (tertiary/aromatic N) is 4. The molecule has 0 fully saturated rings. The number of aromatic nitrogens is 4. The molecule has 0 N–H and O–H groups in total. The van der Waals surface area contributed by atoms with E-state index in [0.29, 0.717) is 11.2 Å². The zero-order chi connectivity index (χ0) is 11.3. The molecule has 16 heavy (non-hydrogen) atoms. The van der Waals surface area contributed by atoms with Crippen LogP contribution in [-0.4, -0.2) is 18.9 Å². The summed E-state index contributed by atoms with van der Waals surface area (Å²) in [7, 11) is 1.72. The number of hydrogen-bond donors (Lipinski definition) is 0. The largest absolute Gasteiger partial charge is 0.283 e. The highest BCUT2D eigenvalue weighted by molar-refractivity contribution is 5.79. The molecule has 0 unspecified atom stereocenters. The Morgan fingerprint density at radius 2 is 2.12 bits per heavy atom. The van der Waals surface area contributed by atoms with Crippen molar-refractivity contribution in [2.24, 2.45) is 7.05 Å². The fourth-order valence-corrected chi connectivity index (χ4v) is 1.92. The summed E-state index contributed by atoms with van der Waals surface area (Å²) in [5, 5.41) is 0.667. The lowest BCUT2D eigenvalue weighted by Gasteiger charge is -2.06. The van der Waals surface area contributed by atoms with Gasteiger partial charge in [-0.15, -0.1) is 0 Å². The van der Waals surface area contributed by atoms with Crippen LogP contribution in [0.4, 0.5) is 0 Å². The summed E-state index contributed by atoms with van der Waals surface area (Å²) in [6.45, 7) is 1.87. The van der Waals surface area contributed by atoms with Crippen LogP contribution < -0.4 is 5.56 Å². The summed E-state index contributed by atoms with van der Waals surface area (Å²) in [5.41, 5.74) is 1.59. The molecule has 80 valence electrons. The van der Waals surface area contributed by atoms with Crippen molar-refractivity contribution >= 4 is 16.7 Å². The van der Waals surface area contributed by atoms with E-state index in [2.05, 4.69) is 9.97 Å². The number of rotatable bonds is 0. The van der Waals surface area contributed by atoms with Gasteiger partial charge in [0.05, 0.1) is 17.1 Å². The SMILES string of the molecule is Cc1cc2c(=O)n(C)c3nccn3c2cn1. The third-order valence-electron chi connectivity index (χ3n) is 2.74. The molecule has 5 heteroatoms. The Labute approximate surface area is 91.0 Å². The van der Waals surface area contributed by atoms with Crippen LogP contribution in [0.3, 0.4) is 0 Å². The summed E-state index contributed by atoms with van der Waals surface area (Å²) in [5.74, 6) is 0.628. The van der Waals surface area contributed by atoms with Gasteiger partial charge in [-0.25, -0.2) is 4.98 Å². The van der Waals surface area contributed by atoms with E-state index in [-0.39, 0.29) is 5.56 Å². The van der Waals surface area contributed by atoms with Crippen LogP contribution in [0.1, 0.15) is 5.69 Å².